The van der Waals surface area contributed by atoms with Crippen LogP contribution in [0, 0.1) is 10.1 Å². The van der Waals surface area contributed by atoms with Crippen LogP contribution in [0.5, 0.6) is 5.75 Å². The van der Waals surface area contributed by atoms with E-state index in [1.807, 2.05) is 0 Å². The maximum atomic E-state index is 11.6. The minimum Gasteiger partial charge on any atom is -0.429 e. The van der Waals surface area contributed by atoms with Gasteiger partial charge in [0.1, 0.15) is 11.9 Å². The Morgan fingerprint density at radius 2 is 2.05 bits per heavy atom. The monoisotopic (exact) mass is 306 g/mol. The molecule has 1 aromatic carbocycles. The molecule has 1 aromatic rings. The number of non-ortho nitro benzene ring substituents is 1. The molecule has 1 fully saturated rings. The normalized spacial score (nSPS) is 16.9. The lowest BCUT2D eigenvalue weighted by atomic mass is 10.3. The van der Waals surface area contributed by atoms with E-state index in [9.17, 15) is 19.7 Å². The molecule has 1 heterocycles. The molecule has 0 aromatic heterocycles. The van der Waals surface area contributed by atoms with Crippen LogP contribution in [0.1, 0.15) is 6.42 Å². The average molecular weight is 306 g/mol. The van der Waals surface area contributed by atoms with Crippen molar-refractivity contribution in [2.24, 2.45) is 0 Å². The van der Waals surface area contributed by atoms with E-state index in [4.69, 9.17) is 9.47 Å². The number of hydrogen-bond donors (Lipinski definition) is 0. The van der Waals surface area contributed by atoms with E-state index < -0.39 is 17.2 Å². The molecule has 0 spiro atoms. The lowest BCUT2D eigenvalue weighted by Crippen LogP contribution is -2.29. The molecule has 8 heteroatoms. The van der Waals surface area contributed by atoms with Crippen LogP contribution in [0.4, 0.5) is 10.5 Å². The van der Waals surface area contributed by atoms with Gasteiger partial charge in [0, 0.05) is 25.1 Å². The number of benzene rings is 1. The summed E-state index contributed by atoms with van der Waals surface area (Å²) in [4.78, 5) is 34.5. The van der Waals surface area contributed by atoms with Crippen LogP contribution in [-0.4, -0.2) is 41.1 Å². The molecule has 1 aliphatic heterocycles. The summed E-state index contributed by atoms with van der Waals surface area (Å²) in [7, 11) is 0. The van der Waals surface area contributed by atoms with E-state index in [2.05, 4.69) is 6.58 Å². The average Bonchev–Trinajstić information content (AvgIpc) is 2.95. The lowest BCUT2D eigenvalue weighted by Gasteiger charge is -2.14. The van der Waals surface area contributed by atoms with Crippen molar-refractivity contribution in [2.45, 2.75) is 12.5 Å². The Hall–Kier alpha value is -2.90. The SMILES string of the molecule is C=CC(=O)N1CCC(OC(=O)Oc2ccc([N+](=O)[O-])cc2)C1. The Bertz CT molecular complexity index is 598. The molecule has 1 amide bonds. The summed E-state index contributed by atoms with van der Waals surface area (Å²) in [5.41, 5.74) is -0.102. The smallest absolute Gasteiger partial charge is 0.429 e. The fourth-order valence-corrected chi connectivity index (χ4v) is 2.05. The predicted molar refractivity (Wildman–Crippen MR) is 75.4 cm³/mol. The Kier molecular flexibility index (Phi) is 4.72. The molecule has 0 radical (unpaired) electrons. The summed E-state index contributed by atoms with van der Waals surface area (Å²) in [6, 6.07) is 5.06. The highest BCUT2D eigenvalue weighted by molar-refractivity contribution is 5.87. The largest absolute Gasteiger partial charge is 0.514 e. The first-order chi connectivity index (χ1) is 10.5. The van der Waals surface area contributed by atoms with Gasteiger partial charge in [-0.2, -0.15) is 0 Å². The van der Waals surface area contributed by atoms with Gasteiger partial charge in [0.05, 0.1) is 11.5 Å². The maximum absolute atomic E-state index is 11.6. The first kappa shape index (κ1) is 15.5. The van der Waals surface area contributed by atoms with E-state index in [1.165, 1.54) is 35.2 Å². The highest BCUT2D eigenvalue weighted by Gasteiger charge is 2.28. The second-order valence-corrected chi connectivity index (χ2v) is 4.62. The number of nitro groups is 1. The zero-order valence-corrected chi connectivity index (χ0v) is 11.6. The van der Waals surface area contributed by atoms with Crippen LogP contribution < -0.4 is 4.74 Å². The van der Waals surface area contributed by atoms with Gasteiger partial charge in [-0.25, -0.2) is 4.79 Å². The number of ether oxygens (including phenoxy) is 2. The topological polar surface area (TPSA) is 99.0 Å². The molecule has 8 nitrogen and oxygen atoms in total. The second-order valence-electron chi connectivity index (χ2n) is 4.62. The predicted octanol–water partition coefficient (Wildman–Crippen LogP) is 1.90. The van der Waals surface area contributed by atoms with Crippen LogP contribution in [0.3, 0.4) is 0 Å². The molecular weight excluding hydrogens is 292 g/mol. The fourth-order valence-electron chi connectivity index (χ4n) is 2.05. The number of rotatable bonds is 4. The zero-order valence-electron chi connectivity index (χ0n) is 11.6. The third-order valence-electron chi connectivity index (χ3n) is 3.14. The van der Waals surface area contributed by atoms with E-state index in [1.54, 1.807) is 0 Å². The molecule has 1 atom stereocenters. The van der Waals surface area contributed by atoms with Gasteiger partial charge < -0.3 is 14.4 Å². The summed E-state index contributed by atoms with van der Waals surface area (Å²) >= 11 is 0. The van der Waals surface area contributed by atoms with Gasteiger partial charge in [-0.1, -0.05) is 6.58 Å². The third kappa shape index (κ3) is 3.81. The van der Waals surface area contributed by atoms with Gasteiger partial charge in [0.15, 0.2) is 0 Å². The first-order valence-corrected chi connectivity index (χ1v) is 6.54. The number of nitro benzene ring substituents is 1. The highest BCUT2D eigenvalue weighted by atomic mass is 16.7. The maximum Gasteiger partial charge on any atom is 0.514 e. The van der Waals surface area contributed by atoms with E-state index in [0.29, 0.717) is 19.5 Å². The van der Waals surface area contributed by atoms with E-state index >= 15 is 0 Å². The van der Waals surface area contributed by atoms with Gasteiger partial charge in [-0.15, -0.1) is 0 Å². The van der Waals surface area contributed by atoms with Gasteiger partial charge in [-0.05, 0) is 18.2 Å². The van der Waals surface area contributed by atoms with Crippen molar-refractivity contribution in [1.29, 1.82) is 0 Å². The van der Waals surface area contributed by atoms with Crippen molar-refractivity contribution >= 4 is 17.7 Å². The van der Waals surface area contributed by atoms with Gasteiger partial charge in [-0.3, -0.25) is 14.9 Å². The number of carbonyl (C=O) groups excluding carboxylic acids is 2. The number of hydrogen-bond acceptors (Lipinski definition) is 6. The van der Waals surface area contributed by atoms with Crippen LogP contribution >= 0.6 is 0 Å². The lowest BCUT2D eigenvalue weighted by molar-refractivity contribution is -0.384. The summed E-state index contributed by atoms with van der Waals surface area (Å²) in [5.74, 6) is -0.0672. The molecule has 1 aliphatic rings. The number of carbonyl (C=O) groups is 2. The Morgan fingerprint density at radius 1 is 1.36 bits per heavy atom. The zero-order chi connectivity index (χ0) is 16.1. The molecule has 1 saturated heterocycles. The van der Waals surface area contributed by atoms with Gasteiger partial charge >= 0.3 is 6.16 Å². The van der Waals surface area contributed by atoms with Crippen LogP contribution in [0.25, 0.3) is 0 Å². The van der Waals surface area contributed by atoms with Crippen molar-refractivity contribution in [1.82, 2.24) is 4.90 Å². The molecule has 0 aliphatic carbocycles. The van der Waals surface area contributed by atoms with Crippen LogP contribution in [0.2, 0.25) is 0 Å². The van der Waals surface area contributed by atoms with Crippen molar-refractivity contribution in [3.05, 3.63) is 47.0 Å². The fraction of sp³-hybridized carbons (Fsp3) is 0.286. The Balaban J connectivity index is 1.84. The molecule has 0 saturated carbocycles. The summed E-state index contributed by atoms with van der Waals surface area (Å²) in [5, 5.41) is 10.5. The minimum absolute atomic E-state index is 0.102. The highest BCUT2D eigenvalue weighted by Crippen LogP contribution is 2.19. The standard InChI is InChI=1S/C14H14N2O6/c1-2-13(17)15-8-7-12(9-15)22-14(18)21-11-5-3-10(4-6-11)16(19)20/h2-6,12H,1,7-9H2. The summed E-state index contributed by atoms with van der Waals surface area (Å²) in [6.45, 7) is 4.17. The number of nitrogens with zero attached hydrogens (tertiary/aromatic N) is 2. The van der Waals surface area contributed by atoms with Crippen molar-refractivity contribution in [3.63, 3.8) is 0 Å². The molecule has 2 rings (SSSR count). The molecule has 1 unspecified atom stereocenters. The van der Waals surface area contributed by atoms with E-state index in [-0.39, 0.29) is 17.3 Å². The third-order valence-corrected chi connectivity index (χ3v) is 3.14. The molecule has 0 N–H and O–H groups in total. The molecule has 22 heavy (non-hydrogen) atoms. The van der Waals surface area contributed by atoms with E-state index in [0.717, 1.165) is 0 Å². The number of amides is 1. The molecule has 116 valence electrons. The minimum atomic E-state index is -0.910. The second kappa shape index (κ2) is 6.70. The van der Waals surface area contributed by atoms with Gasteiger partial charge in [0.25, 0.3) is 5.69 Å². The molecular formula is C14H14N2O6. The summed E-state index contributed by atoms with van der Waals surface area (Å²) in [6.07, 6.45) is 0.383. The Labute approximate surface area is 126 Å². The van der Waals surface area contributed by atoms with Crippen LogP contribution in [-0.2, 0) is 9.53 Å². The first-order valence-electron chi connectivity index (χ1n) is 6.54. The molecule has 0 bridgehead atoms. The Morgan fingerprint density at radius 3 is 2.64 bits per heavy atom. The summed E-state index contributed by atoms with van der Waals surface area (Å²) < 4.78 is 10.0. The van der Waals surface area contributed by atoms with Crippen molar-refractivity contribution in [3.8, 4) is 5.75 Å². The van der Waals surface area contributed by atoms with Gasteiger partial charge in [0.2, 0.25) is 5.91 Å². The van der Waals surface area contributed by atoms with Crippen molar-refractivity contribution in [2.75, 3.05) is 13.1 Å². The van der Waals surface area contributed by atoms with Crippen LogP contribution in [0.15, 0.2) is 36.9 Å². The quantitative estimate of drug-likeness (QED) is 0.277. The van der Waals surface area contributed by atoms with Crippen molar-refractivity contribution < 1.29 is 24.0 Å². The number of likely N-dealkylation sites (tertiary alicyclic amines) is 1.